The monoisotopic (exact) mass is 220 g/mol. The molecule has 0 saturated heterocycles. The summed E-state index contributed by atoms with van der Waals surface area (Å²) in [7, 11) is 1.44. The van der Waals surface area contributed by atoms with Gasteiger partial charge in [0.05, 0.1) is 11.0 Å². The molecule has 0 bridgehead atoms. The van der Waals surface area contributed by atoms with Gasteiger partial charge in [-0.2, -0.15) is 5.10 Å². The molecule has 1 rings (SSSR count). The van der Waals surface area contributed by atoms with E-state index in [1.54, 1.807) is 0 Å². The van der Waals surface area contributed by atoms with Crippen molar-refractivity contribution in [1.82, 2.24) is 9.78 Å². The molecule has 15 heavy (non-hydrogen) atoms. The Bertz CT molecular complexity index is 366. The summed E-state index contributed by atoms with van der Waals surface area (Å²) in [5.74, 6) is 0. The zero-order valence-corrected chi connectivity index (χ0v) is 7.93. The summed E-state index contributed by atoms with van der Waals surface area (Å²) in [6.45, 7) is 0. The van der Waals surface area contributed by atoms with Crippen LogP contribution in [0.4, 0.5) is 14.5 Å². The van der Waals surface area contributed by atoms with Gasteiger partial charge in [-0.05, 0) is 0 Å². The number of aromatic nitrogens is 2. The van der Waals surface area contributed by atoms with Gasteiger partial charge in [0, 0.05) is 13.5 Å². The van der Waals surface area contributed by atoms with E-state index in [2.05, 4.69) is 5.10 Å². The van der Waals surface area contributed by atoms with E-state index in [1.807, 2.05) is 0 Å². The number of halogens is 2. The second-order valence-corrected chi connectivity index (χ2v) is 3.06. The first-order chi connectivity index (χ1) is 6.93. The molecule has 0 fully saturated rings. The smallest absolute Gasteiger partial charge is 0.310 e. The summed E-state index contributed by atoms with van der Waals surface area (Å²) in [6, 6.07) is -1.42. The second-order valence-electron chi connectivity index (χ2n) is 3.06. The lowest BCUT2D eigenvalue weighted by molar-refractivity contribution is -0.385. The van der Waals surface area contributed by atoms with Crippen molar-refractivity contribution in [2.24, 2.45) is 12.8 Å². The van der Waals surface area contributed by atoms with Crippen molar-refractivity contribution in [2.45, 2.75) is 18.9 Å². The molecule has 0 aliphatic heterocycles. The van der Waals surface area contributed by atoms with Crippen molar-refractivity contribution in [2.75, 3.05) is 0 Å². The Morgan fingerprint density at radius 2 is 2.33 bits per heavy atom. The van der Waals surface area contributed by atoms with Crippen molar-refractivity contribution in [3.63, 3.8) is 0 Å². The van der Waals surface area contributed by atoms with Gasteiger partial charge in [-0.3, -0.25) is 14.8 Å². The van der Waals surface area contributed by atoms with E-state index in [0.29, 0.717) is 0 Å². The highest BCUT2D eigenvalue weighted by molar-refractivity contribution is 5.33. The highest BCUT2D eigenvalue weighted by Gasteiger charge is 2.24. The number of rotatable bonds is 4. The SMILES string of the molecule is Cn1ncc([N+](=O)[O-])c1CC(N)C(F)F. The first-order valence-electron chi connectivity index (χ1n) is 4.12. The van der Waals surface area contributed by atoms with Crippen LogP contribution in [0.25, 0.3) is 0 Å². The Morgan fingerprint density at radius 1 is 1.73 bits per heavy atom. The zero-order chi connectivity index (χ0) is 11.6. The summed E-state index contributed by atoms with van der Waals surface area (Å²) in [6.07, 6.45) is -1.96. The maximum absolute atomic E-state index is 12.2. The molecule has 1 atom stereocenters. The minimum atomic E-state index is -2.71. The molecule has 0 spiro atoms. The van der Waals surface area contributed by atoms with Crippen molar-refractivity contribution in [3.8, 4) is 0 Å². The number of nitro groups is 1. The van der Waals surface area contributed by atoms with Gasteiger partial charge in [0.25, 0.3) is 6.43 Å². The molecule has 1 aromatic rings. The van der Waals surface area contributed by atoms with Gasteiger partial charge in [-0.1, -0.05) is 0 Å². The Hall–Kier alpha value is -1.57. The van der Waals surface area contributed by atoms with E-state index >= 15 is 0 Å². The van der Waals surface area contributed by atoms with Crippen LogP contribution in [0, 0.1) is 10.1 Å². The maximum atomic E-state index is 12.2. The Morgan fingerprint density at radius 3 is 2.80 bits per heavy atom. The molecule has 6 nitrogen and oxygen atoms in total. The Balaban J connectivity index is 2.92. The molecule has 1 unspecified atom stereocenters. The molecule has 2 N–H and O–H groups in total. The van der Waals surface area contributed by atoms with Gasteiger partial charge in [0.1, 0.15) is 11.9 Å². The zero-order valence-electron chi connectivity index (χ0n) is 7.93. The predicted octanol–water partition coefficient (Wildman–Crippen LogP) is 0.463. The molecule has 0 aliphatic carbocycles. The molecule has 0 aliphatic rings. The molecular formula is C7H10F2N4O2. The van der Waals surface area contributed by atoms with Crippen molar-refractivity contribution in [3.05, 3.63) is 22.0 Å². The van der Waals surface area contributed by atoms with E-state index in [4.69, 9.17) is 5.73 Å². The fraction of sp³-hybridized carbons (Fsp3) is 0.571. The summed E-state index contributed by atoms with van der Waals surface area (Å²) in [5.41, 5.74) is 4.95. The third-order valence-corrected chi connectivity index (χ3v) is 1.99. The highest BCUT2D eigenvalue weighted by Crippen LogP contribution is 2.19. The molecule has 0 saturated carbocycles. The van der Waals surface area contributed by atoms with Gasteiger partial charge in [-0.25, -0.2) is 8.78 Å². The van der Waals surface area contributed by atoms with Crippen LogP contribution in [-0.2, 0) is 13.5 Å². The Labute approximate surface area is 83.8 Å². The average molecular weight is 220 g/mol. The topological polar surface area (TPSA) is 87.0 Å². The van der Waals surface area contributed by atoms with Crippen LogP contribution in [0.15, 0.2) is 6.20 Å². The van der Waals surface area contributed by atoms with Crippen LogP contribution in [0.5, 0.6) is 0 Å². The fourth-order valence-electron chi connectivity index (χ4n) is 1.15. The number of hydrogen-bond donors (Lipinski definition) is 1. The lowest BCUT2D eigenvalue weighted by atomic mass is 10.1. The van der Waals surface area contributed by atoms with Crippen LogP contribution in [0.2, 0.25) is 0 Å². The van der Waals surface area contributed by atoms with Gasteiger partial charge in [-0.15, -0.1) is 0 Å². The molecular weight excluding hydrogens is 210 g/mol. The van der Waals surface area contributed by atoms with Gasteiger partial charge in [0.15, 0.2) is 0 Å². The third-order valence-electron chi connectivity index (χ3n) is 1.99. The fourth-order valence-corrected chi connectivity index (χ4v) is 1.15. The van der Waals surface area contributed by atoms with Crippen molar-refractivity contribution < 1.29 is 13.7 Å². The van der Waals surface area contributed by atoms with E-state index in [9.17, 15) is 18.9 Å². The summed E-state index contributed by atoms with van der Waals surface area (Å²) < 4.78 is 25.5. The van der Waals surface area contributed by atoms with Crippen LogP contribution in [0.1, 0.15) is 5.69 Å². The van der Waals surface area contributed by atoms with Crippen molar-refractivity contribution >= 4 is 5.69 Å². The van der Waals surface area contributed by atoms with Crippen LogP contribution >= 0.6 is 0 Å². The first-order valence-corrected chi connectivity index (χ1v) is 4.12. The quantitative estimate of drug-likeness (QED) is 0.590. The lowest BCUT2D eigenvalue weighted by Crippen LogP contribution is -2.32. The average Bonchev–Trinajstić information content (AvgIpc) is 2.48. The predicted molar refractivity (Wildman–Crippen MR) is 47.5 cm³/mol. The number of nitrogens with zero attached hydrogens (tertiary/aromatic N) is 3. The molecule has 0 amide bonds. The number of hydrogen-bond acceptors (Lipinski definition) is 4. The van der Waals surface area contributed by atoms with Crippen LogP contribution < -0.4 is 5.73 Å². The third kappa shape index (κ3) is 2.46. The van der Waals surface area contributed by atoms with Crippen LogP contribution in [-0.4, -0.2) is 27.2 Å². The number of nitrogens with two attached hydrogens (primary N) is 1. The van der Waals surface area contributed by atoms with E-state index in [0.717, 1.165) is 6.20 Å². The molecule has 1 heterocycles. The number of alkyl halides is 2. The number of aryl methyl sites for hydroxylation is 1. The summed E-state index contributed by atoms with van der Waals surface area (Å²) in [5, 5.41) is 14.1. The van der Waals surface area contributed by atoms with Gasteiger partial charge in [0.2, 0.25) is 0 Å². The normalized spacial score (nSPS) is 13.1. The van der Waals surface area contributed by atoms with Gasteiger partial charge >= 0.3 is 5.69 Å². The minimum absolute atomic E-state index is 0.104. The molecule has 1 aromatic heterocycles. The molecule has 0 radical (unpaired) electrons. The first kappa shape index (κ1) is 11.5. The van der Waals surface area contributed by atoms with Crippen LogP contribution in [0.3, 0.4) is 0 Å². The molecule has 0 aromatic carbocycles. The summed E-state index contributed by atoms with van der Waals surface area (Å²) in [4.78, 5) is 9.84. The van der Waals surface area contributed by atoms with E-state index in [-0.39, 0.29) is 17.8 Å². The second kappa shape index (κ2) is 4.30. The maximum Gasteiger partial charge on any atom is 0.310 e. The highest BCUT2D eigenvalue weighted by atomic mass is 19.3. The lowest BCUT2D eigenvalue weighted by Gasteiger charge is -2.09. The standard InChI is InChI=1S/C7H10F2N4O2/c1-12-5(2-4(10)7(8)9)6(3-11-12)13(14)15/h3-4,7H,2,10H2,1H3. The largest absolute Gasteiger partial charge is 0.323 e. The van der Waals surface area contributed by atoms with Gasteiger partial charge < -0.3 is 5.73 Å². The van der Waals surface area contributed by atoms with Crippen molar-refractivity contribution in [1.29, 1.82) is 0 Å². The molecule has 8 heteroatoms. The minimum Gasteiger partial charge on any atom is -0.323 e. The van der Waals surface area contributed by atoms with E-state index < -0.39 is 17.4 Å². The van der Waals surface area contributed by atoms with E-state index in [1.165, 1.54) is 11.7 Å². The summed E-state index contributed by atoms with van der Waals surface area (Å²) >= 11 is 0. The molecule has 84 valence electrons. The Kier molecular flexibility index (Phi) is 3.30.